The highest BCUT2D eigenvalue weighted by molar-refractivity contribution is 5.93. The third-order valence-corrected chi connectivity index (χ3v) is 8.56. The van der Waals surface area contributed by atoms with E-state index in [-0.39, 0.29) is 35.4 Å². The summed E-state index contributed by atoms with van der Waals surface area (Å²) in [6, 6.07) is 19.2. The number of carbonyl (C=O) groups is 1. The van der Waals surface area contributed by atoms with Gasteiger partial charge in [0.15, 0.2) is 11.6 Å². The number of esters is 1. The van der Waals surface area contributed by atoms with Crippen LogP contribution in [0.1, 0.15) is 59.5 Å². The molecule has 1 aliphatic carbocycles. The fourth-order valence-electron chi connectivity index (χ4n) is 5.78. The number of carbonyl (C=O) groups excluding carboxylic acids is 1. The molecule has 6 rings (SSSR count). The number of hydrogen-bond acceptors (Lipinski definition) is 9. The second-order valence-electron chi connectivity index (χ2n) is 11.8. The van der Waals surface area contributed by atoms with Crippen LogP contribution in [0.2, 0.25) is 0 Å². The predicted molar refractivity (Wildman–Crippen MR) is 162 cm³/mol. The number of imidazole rings is 1. The first-order valence-corrected chi connectivity index (χ1v) is 15.0. The Morgan fingerprint density at radius 2 is 1.91 bits per heavy atom. The van der Waals surface area contributed by atoms with Crippen molar-refractivity contribution >= 4 is 17.0 Å². The van der Waals surface area contributed by atoms with Gasteiger partial charge in [-0.3, -0.25) is 4.90 Å². The number of benzene rings is 2. The molecule has 0 amide bonds. The zero-order valence-corrected chi connectivity index (χ0v) is 25.0. The summed E-state index contributed by atoms with van der Waals surface area (Å²) < 4.78 is 33.1. The van der Waals surface area contributed by atoms with Crippen molar-refractivity contribution in [2.45, 2.75) is 57.9 Å². The number of pyridine rings is 1. The lowest BCUT2D eigenvalue weighted by atomic mass is 10.0. The Kier molecular flexibility index (Phi) is 8.63. The average Bonchev–Trinajstić information content (AvgIpc) is 3.74. The van der Waals surface area contributed by atoms with Gasteiger partial charge in [-0.1, -0.05) is 6.07 Å². The van der Waals surface area contributed by atoms with Crippen LogP contribution in [0.5, 0.6) is 11.6 Å². The molecule has 0 spiro atoms. The van der Waals surface area contributed by atoms with Crippen LogP contribution in [-0.2, 0) is 24.4 Å². The first-order valence-electron chi connectivity index (χ1n) is 15.0. The predicted octanol–water partition coefficient (Wildman–Crippen LogP) is 5.54. The molecule has 0 bridgehead atoms. The van der Waals surface area contributed by atoms with E-state index in [4.69, 9.17) is 24.5 Å². The van der Waals surface area contributed by atoms with Crippen LogP contribution < -0.4 is 9.47 Å². The number of piperidine rings is 1. The molecule has 0 radical (unpaired) electrons. The lowest BCUT2D eigenvalue weighted by Crippen LogP contribution is -2.38. The summed E-state index contributed by atoms with van der Waals surface area (Å²) in [5, 5.41) is 18.3. The minimum atomic E-state index is -0.594. The Hall–Kier alpha value is -5.00. The molecular weight excluding hydrogens is 575 g/mol. The maximum absolute atomic E-state index is 14.2. The molecule has 45 heavy (non-hydrogen) atoms. The third-order valence-electron chi connectivity index (χ3n) is 8.56. The molecule has 0 unspecified atom stereocenters. The van der Waals surface area contributed by atoms with Crippen LogP contribution >= 0.6 is 0 Å². The highest BCUT2D eigenvalue weighted by atomic mass is 19.1. The Morgan fingerprint density at radius 3 is 2.62 bits per heavy atom. The lowest BCUT2D eigenvalue weighted by Gasteiger charge is -2.32. The average molecular weight is 609 g/mol. The van der Waals surface area contributed by atoms with E-state index in [0.29, 0.717) is 36.6 Å². The number of fused-ring (bicyclic) bond motifs is 1. The van der Waals surface area contributed by atoms with Crippen LogP contribution in [-0.4, -0.2) is 51.7 Å². The summed E-state index contributed by atoms with van der Waals surface area (Å²) in [5.41, 5.74) is 2.98. The van der Waals surface area contributed by atoms with E-state index in [1.54, 1.807) is 18.2 Å². The summed E-state index contributed by atoms with van der Waals surface area (Å²) in [5.74, 6) is 0.487. The molecule has 1 saturated heterocycles. The smallest absolute Gasteiger partial charge is 0.337 e. The fourth-order valence-corrected chi connectivity index (χ4v) is 5.78. The zero-order chi connectivity index (χ0) is 31.4. The number of hydrogen-bond donors (Lipinski definition) is 0. The normalized spacial score (nSPS) is 16.1. The van der Waals surface area contributed by atoms with E-state index in [0.717, 1.165) is 61.7 Å². The monoisotopic (exact) mass is 608 g/mol. The highest BCUT2D eigenvalue weighted by Gasteiger charge is 2.43. The van der Waals surface area contributed by atoms with Gasteiger partial charge in [-0.05, 0) is 68.1 Å². The Bertz CT molecular complexity index is 1800. The van der Waals surface area contributed by atoms with Crippen molar-refractivity contribution in [2.24, 2.45) is 5.41 Å². The number of methoxy groups -OCH3 is 1. The number of aromatic nitrogens is 3. The van der Waals surface area contributed by atoms with Crippen molar-refractivity contribution < 1.29 is 23.4 Å². The molecule has 1 saturated carbocycles. The summed E-state index contributed by atoms with van der Waals surface area (Å²) in [4.78, 5) is 24.1. The third kappa shape index (κ3) is 6.89. The van der Waals surface area contributed by atoms with Gasteiger partial charge in [0.1, 0.15) is 18.5 Å². The van der Waals surface area contributed by atoms with E-state index in [9.17, 15) is 14.4 Å². The van der Waals surface area contributed by atoms with E-state index >= 15 is 0 Å². The zero-order valence-electron chi connectivity index (χ0n) is 25.0. The SMILES string of the molecule is COC(=O)c1ccc2nc(CN3CCC(Oc4cccc(COc5ccc(C#N)cc5F)n4)CC3)n(CC3(CC#N)CC3)c2c1. The van der Waals surface area contributed by atoms with Gasteiger partial charge < -0.3 is 18.8 Å². The van der Waals surface area contributed by atoms with Crippen molar-refractivity contribution in [3.63, 3.8) is 0 Å². The molecule has 10 nitrogen and oxygen atoms in total. The molecule has 3 heterocycles. The largest absolute Gasteiger partial charge is 0.484 e. The topological polar surface area (TPSA) is 126 Å². The molecule has 0 atom stereocenters. The van der Waals surface area contributed by atoms with Gasteiger partial charge in [0, 0.05) is 37.5 Å². The molecule has 2 aromatic carbocycles. The van der Waals surface area contributed by atoms with Gasteiger partial charge in [-0.15, -0.1) is 0 Å². The number of ether oxygens (including phenoxy) is 3. The maximum atomic E-state index is 14.2. The van der Waals surface area contributed by atoms with Crippen molar-refractivity contribution in [1.29, 1.82) is 10.5 Å². The molecule has 11 heteroatoms. The van der Waals surface area contributed by atoms with Gasteiger partial charge in [0.25, 0.3) is 0 Å². The second-order valence-corrected chi connectivity index (χ2v) is 11.8. The molecule has 2 aliphatic rings. The summed E-state index contributed by atoms with van der Waals surface area (Å²) in [7, 11) is 1.37. The van der Waals surface area contributed by atoms with Crippen molar-refractivity contribution in [3.8, 4) is 23.8 Å². The number of nitriles is 2. The number of nitrogens with zero attached hydrogens (tertiary/aromatic N) is 6. The van der Waals surface area contributed by atoms with Gasteiger partial charge >= 0.3 is 5.97 Å². The highest BCUT2D eigenvalue weighted by Crippen LogP contribution is 2.50. The van der Waals surface area contributed by atoms with Crippen LogP contribution in [0.3, 0.4) is 0 Å². The van der Waals surface area contributed by atoms with Crippen LogP contribution in [0, 0.1) is 33.9 Å². The summed E-state index contributed by atoms with van der Waals surface area (Å²) in [6.45, 7) is 3.03. The first kappa shape index (κ1) is 30.0. The quantitative estimate of drug-likeness (QED) is 0.202. The van der Waals surface area contributed by atoms with Gasteiger partial charge in [0.2, 0.25) is 5.88 Å². The van der Waals surface area contributed by atoms with Crippen LogP contribution in [0.15, 0.2) is 54.6 Å². The van der Waals surface area contributed by atoms with E-state index in [2.05, 4.69) is 20.5 Å². The minimum absolute atomic E-state index is 0.00678. The maximum Gasteiger partial charge on any atom is 0.337 e. The standard InChI is InChI=1S/C34H33FN6O4/c1-43-33(42)24-6-7-28-29(18-24)41(22-34(11-12-34)13-14-36)31(39-28)20-40-15-9-26(10-16-40)45-32-4-2-3-25(38-32)21-44-30-8-5-23(19-37)17-27(30)35/h2-8,17-18,26H,9-13,15-16,20-22H2,1H3. The lowest BCUT2D eigenvalue weighted by molar-refractivity contribution is 0.0601. The van der Waals surface area contributed by atoms with Crippen molar-refractivity contribution in [3.05, 3.63) is 83.1 Å². The summed E-state index contributed by atoms with van der Waals surface area (Å²) in [6.07, 6.45) is 4.12. The molecule has 230 valence electrons. The summed E-state index contributed by atoms with van der Waals surface area (Å²) >= 11 is 0. The van der Waals surface area contributed by atoms with E-state index in [1.807, 2.05) is 24.3 Å². The molecule has 4 aromatic rings. The van der Waals surface area contributed by atoms with Crippen molar-refractivity contribution in [1.82, 2.24) is 19.4 Å². The molecule has 2 fully saturated rings. The first-order chi connectivity index (χ1) is 21.9. The van der Waals surface area contributed by atoms with Crippen LogP contribution in [0.25, 0.3) is 11.0 Å². The van der Waals surface area contributed by atoms with Crippen LogP contribution in [0.4, 0.5) is 4.39 Å². The van der Waals surface area contributed by atoms with E-state index in [1.165, 1.54) is 19.2 Å². The Labute approximate surface area is 260 Å². The molecule has 2 aromatic heterocycles. The van der Waals surface area contributed by atoms with Crippen molar-refractivity contribution in [2.75, 3.05) is 20.2 Å². The van der Waals surface area contributed by atoms with E-state index < -0.39 is 5.82 Å². The minimum Gasteiger partial charge on any atom is -0.484 e. The fraction of sp³-hybridized carbons (Fsp3) is 0.382. The number of rotatable bonds is 11. The number of halogens is 1. The second kappa shape index (κ2) is 12.9. The number of likely N-dealkylation sites (tertiary alicyclic amines) is 1. The molecule has 0 N–H and O–H groups in total. The molecular formula is C34H33FN6O4. The Morgan fingerprint density at radius 1 is 1.09 bits per heavy atom. The Balaban J connectivity index is 1.08. The molecule has 1 aliphatic heterocycles. The van der Waals surface area contributed by atoms with Gasteiger partial charge in [0.05, 0.1) is 53.6 Å². The van der Waals surface area contributed by atoms with Gasteiger partial charge in [-0.2, -0.15) is 10.5 Å². The van der Waals surface area contributed by atoms with Gasteiger partial charge in [-0.25, -0.2) is 19.2 Å².